The number of thioether (sulfide) groups is 1. The van der Waals surface area contributed by atoms with Gasteiger partial charge in [0.1, 0.15) is 5.54 Å². The van der Waals surface area contributed by atoms with Crippen LogP contribution in [0.2, 0.25) is 0 Å². The SMILES string of the molecule is CCCCCCSc1ccc(C2C3C(=O)N(C)C(=O)C3[C@]3(C(=O)OC)CCCCN23)cc1.O=C(O)C(F)(F)F. The number of esters is 1. The number of imide groups is 1. The first-order chi connectivity index (χ1) is 18.4. The van der Waals surface area contributed by atoms with Crippen LogP contribution < -0.4 is 0 Å². The van der Waals surface area contributed by atoms with Gasteiger partial charge < -0.3 is 9.84 Å². The number of alkyl halides is 3. The van der Waals surface area contributed by atoms with E-state index < -0.39 is 29.5 Å². The molecule has 216 valence electrons. The highest BCUT2D eigenvalue weighted by Gasteiger charge is 2.72. The summed E-state index contributed by atoms with van der Waals surface area (Å²) in [5, 5.41) is 7.12. The molecule has 0 bridgehead atoms. The molecule has 4 atom stereocenters. The molecule has 3 aliphatic heterocycles. The van der Waals surface area contributed by atoms with E-state index in [1.165, 1.54) is 49.6 Å². The van der Waals surface area contributed by atoms with Crippen molar-refractivity contribution in [2.24, 2.45) is 11.8 Å². The Hall–Kier alpha value is -2.60. The van der Waals surface area contributed by atoms with E-state index in [1.54, 1.807) is 0 Å². The number of carboxylic acid groups (broad SMARTS) is 1. The van der Waals surface area contributed by atoms with Crippen LogP contribution in [0.3, 0.4) is 0 Å². The quantitative estimate of drug-likeness (QED) is 0.207. The molecule has 12 heteroatoms. The van der Waals surface area contributed by atoms with Gasteiger partial charge in [0, 0.05) is 18.0 Å². The van der Waals surface area contributed by atoms with Crippen molar-refractivity contribution in [2.75, 3.05) is 26.5 Å². The van der Waals surface area contributed by atoms with Crippen molar-refractivity contribution >= 4 is 35.5 Å². The molecular weight excluding hydrogens is 537 g/mol. The molecule has 2 amide bonds. The molecule has 0 aromatic heterocycles. The van der Waals surface area contributed by atoms with E-state index in [-0.39, 0.29) is 23.8 Å². The van der Waals surface area contributed by atoms with Crippen LogP contribution in [-0.2, 0) is 23.9 Å². The summed E-state index contributed by atoms with van der Waals surface area (Å²) in [5.74, 6) is -3.69. The van der Waals surface area contributed by atoms with Gasteiger partial charge in [0.2, 0.25) is 11.8 Å². The van der Waals surface area contributed by atoms with Crippen LogP contribution in [-0.4, -0.2) is 76.8 Å². The molecule has 3 saturated heterocycles. The van der Waals surface area contributed by atoms with Crippen LogP contribution in [0.25, 0.3) is 0 Å². The minimum atomic E-state index is -5.08. The summed E-state index contributed by atoms with van der Waals surface area (Å²) in [6, 6.07) is 8.09. The number of amides is 2. The number of likely N-dealkylation sites (tertiary alicyclic amines) is 1. The van der Waals surface area contributed by atoms with Gasteiger partial charge in [-0.1, -0.05) is 38.3 Å². The Morgan fingerprint density at radius 2 is 1.74 bits per heavy atom. The Bertz CT molecular complexity index is 1070. The number of fused-ring (bicyclic) bond motifs is 3. The highest BCUT2D eigenvalue weighted by Crippen LogP contribution is 2.58. The standard InChI is InChI=1S/C25H34N2O4S.C2HF3O2/c1-4-5-6-9-16-32-18-12-10-17(11-13-18)21-19-20(23(29)26(2)22(19)28)25(24(30)31-3)14-7-8-15-27(21)25;3-2(4,5)1(6)7/h10-13,19-21H,4-9,14-16H2,1-3H3;(H,6,7)/t19?,20?,21?,25-;/m0./s1. The third kappa shape index (κ3) is 6.11. The van der Waals surface area contributed by atoms with Crippen LogP contribution in [0.4, 0.5) is 13.2 Å². The molecule has 39 heavy (non-hydrogen) atoms. The first kappa shape index (κ1) is 30.9. The first-order valence-corrected chi connectivity index (χ1v) is 14.1. The first-order valence-electron chi connectivity index (χ1n) is 13.1. The predicted molar refractivity (Wildman–Crippen MR) is 138 cm³/mol. The second kappa shape index (κ2) is 12.7. The molecule has 0 aliphatic carbocycles. The number of carbonyl (C=O) groups is 4. The number of piperidine rings is 1. The van der Waals surface area contributed by atoms with Gasteiger partial charge in [-0.15, -0.1) is 11.8 Å². The predicted octanol–water partition coefficient (Wildman–Crippen LogP) is 4.68. The minimum absolute atomic E-state index is 0.183. The number of nitrogens with zero attached hydrogens (tertiary/aromatic N) is 2. The minimum Gasteiger partial charge on any atom is -0.475 e. The summed E-state index contributed by atoms with van der Waals surface area (Å²) < 4.78 is 37.0. The Balaban J connectivity index is 0.000000532. The summed E-state index contributed by atoms with van der Waals surface area (Å²) in [4.78, 5) is 53.0. The largest absolute Gasteiger partial charge is 0.490 e. The van der Waals surface area contributed by atoms with Gasteiger partial charge in [-0.3, -0.25) is 24.2 Å². The maximum Gasteiger partial charge on any atom is 0.490 e. The molecule has 0 radical (unpaired) electrons. The average Bonchev–Trinajstić information content (AvgIpc) is 3.34. The van der Waals surface area contributed by atoms with E-state index in [2.05, 4.69) is 36.1 Å². The van der Waals surface area contributed by atoms with Gasteiger partial charge in [-0.2, -0.15) is 13.2 Å². The number of carboxylic acids is 1. The number of ether oxygens (including phenoxy) is 1. The monoisotopic (exact) mass is 572 g/mol. The lowest BCUT2D eigenvalue weighted by Gasteiger charge is -2.44. The van der Waals surface area contributed by atoms with E-state index in [0.29, 0.717) is 13.0 Å². The third-order valence-electron chi connectivity index (χ3n) is 7.75. The van der Waals surface area contributed by atoms with Crippen molar-refractivity contribution in [3.05, 3.63) is 29.8 Å². The Morgan fingerprint density at radius 1 is 1.10 bits per heavy atom. The third-order valence-corrected chi connectivity index (χ3v) is 8.85. The van der Waals surface area contributed by atoms with Gasteiger partial charge in [0.05, 0.1) is 18.9 Å². The number of methoxy groups -OCH3 is 1. The summed E-state index contributed by atoms with van der Waals surface area (Å²) in [5.41, 5.74) is -0.0496. The van der Waals surface area contributed by atoms with Crippen molar-refractivity contribution in [2.45, 2.75) is 74.5 Å². The number of carbonyl (C=O) groups excluding carboxylic acids is 3. The Kier molecular flexibility index (Phi) is 10.1. The number of hydrogen-bond donors (Lipinski definition) is 1. The number of hydrogen-bond acceptors (Lipinski definition) is 7. The fourth-order valence-corrected chi connectivity index (χ4v) is 6.89. The molecule has 3 heterocycles. The molecule has 3 aliphatic rings. The van der Waals surface area contributed by atoms with E-state index in [1.807, 2.05) is 11.8 Å². The lowest BCUT2D eigenvalue weighted by molar-refractivity contribution is -0.192. The van der Waals surface area contributed by atoms with Crippen molar-refractivity contribution in [1.29, 1.82) is 0 Å². The number of benzene rings is 1. The molecule has 1 N–H and O–H groups in total. The molecule has 1 aromatic carbocycles. The maximum absolute atomic E-state index is 13.2. The highest BCUT2D eigenvalue weighted by atomic mass is 32.2. The van der Waals surface area contributed by atoms with Crippen LogP contribution in [0, 0.1) is 11.8 Å². The Labute approximate surface area is 230 Å². The van der Waals surface area contributed by atoms with Crippen molar-refractivity contribution < 1.29 is 42.2 Å². The van der Waals surface area contributed by atoms with Crippen molar-refractivity contribution in [3.8, 4) is 0 Å². The number of rotatable bonds is 8. The summed E-state index contributed by atoms with van der Waals surface area (Å²) in [6.07, 6.45) is 2.26. The van der Waals surface area contributed by atoms with Gasteiger partial charge in [0.15, 0.2) is 0 Å². The fraction of sp³-hybridized carbons (Fsp3) is 0.630. The topological polar surface area (TPSA) is 104 Å². The second-order valence-corrected chi connectivity index (χ2v) is 11.2. The maximum atomic E-state index is 13.2. The molecule has 0 saturated carbocycles. The summed E-state index contributed by atoms with van der Waals surface area (Å²) in [6.45, 7) is 2.90. The van der Waals surface area contributed by atoms with E-state index in [9.17, 15) is 27.6 Å². The normalized spacial score (nSPS) is 26.5. The Morgan fingerprint density at radius 3 is 2.31 bits per heavy atom. The fourth-order valence-electron chi connectivity index (χ4n) is 5.98. The number of unbranched alkanes of at least 4 members (excludes halogenated alkanes) is 3. The zero-order valence-corrected chi connectivity index (χ0v) is 23.1. The molecular formula is C27H35F3N2O6S. The molecule has 3 fully saturated rings. The molecule has 4 rings (SSSR count). The van der Waals surface area contributed by atoms with Gasteiger partial charge in [-0.25, -0.2) is 4.79 Å². The van der Waals surface area contributed by atoms with Gasteiger partial charge in [0.25, 0.3) is 0 Å². The lowest BCUT2D eigenvalue weighted by atomic mass is 9.75. The van der Waals surface area contributed by atoms with Crippen LogP contribution >= 0.6 is 11.8 Å². The van der Waals surface area contributed by atoms with E-state index >= 15 is 0 Å². The summed E-state index contributed by atoms with van der Waals surface area (Å²) >= 11 is 1.86. The average molecular weight is 573 g/mol. The van der Waals surface area contributed by atoms with E-state index in [4.69, 9.17) is 14.6 Å². The zero-order valence-electron chi connectivity index (χ0n) is 22.3. The molecule has 0 spiro atoms. The zero-order chi connectivity index (χ0) is 29.0. The van der Waals surface area contributed by atoms with Crippen molar-refractivity contribution in [1.82, 2.24) is 9.80 Å². The van der Waals surface area contributed by atoms with Crippen LogP contribution in [0.1, 0.15) is 63.5 Å². The van der Waals surface area contributed by atoms with Crippen molar-refractivity contribution in [3.63, 3.8) is 0 Å². The van der Waals surface area contributed by atoms with Crippen LogP contribution in [0.15, 0.2) is 29.2 Å². The molecule has 3 unspecified atom stereocenters. The number of halogens is 3. The van der Waals surface area contributed by atoms with Gasteiger partial charge >= 0.3 is 18.1 Å². The van der Waals surface area contributed by atoms with Crippen LogP contribution in [0.5, 0.6) is 0 Å². The summed E-state index contributed by atoms with van der Waals surface area (Å²) in [7, 11) is 2.92. The second-order valence-electron chi connectivity index (χ2n) is 10.0. The smallest absolute Gasteiger partial charge is 0.475 e. The number of aliphatic carboxylic acids is 1. The molecule has 8 nitrogen and oxygen atoms in total. The van der Waals surface area contributed by atoms with E-state index in [0.717, 1.165) is 24.2 Å². The van der Waals surface area contributed by atoms with Gasteiger partial charge in [-0.05, 0) is 55.7 Å². The molecule has 1 aromatic rings. The highest BCUT2D eigenvalue weighted by molar-refractivity contribution is 7.99. The lowest BCUT2D eigenvalue weighted by Crippen LogP contribution is -2.59.